The molecule has 2 aromatic rings. The second-order valence-corrected chi connectivity index (χ2v) is 6.95. The Morgan fingerprint density at radius 1 is 1.27 bits per heavy atom. The van der Waals surface area contributed by atoms with Crippen molar-refractivity contribution < 1.29 is 9.47 Å². The average Bonchev–Trinajstić information content (AvgIpc) is 2.93. The van der Waals surface area contributed by atoms with E-state index in [1.807, 2.05) is 38.1 Å². The van der Waals surface area contributed by atoms with E-state index in [0.717, 1.165) is 28.2 Å². The van der Waals surface area contributed by atoms with Gasteiger partial charge in [-0.2, -0.15) is 0 Å². The maximum atomic E-state index is 5.90. The first-order valence-electron chi connectivity index (χ1n) is 8.20. The molecule has 0 spiro atoms. The standard InChI is InChI=1S/C18H26N4O2S.HI/c1-12(24-16-8-6-7-15(9-16)23-5)10-20-18(19-4)21-11-17-22-13(2)14(3)25-17;/h6-9,12H,10-11H2,1-5H3,(H2,19,20,21);1H. The summed E-state index contributed by atoms with van der Waals surface area (Å²) in [6.07, 6.45) is -0.0185. The lowest BCUT2D eigenvalue weighted by Crippen LogP contribution is -2.41. The molecule has 2 rings (SSSR count). The van der Waals surface area contributed by atoms with E-state index in [0.29, 0.717) is 13.1 Å². The molecule has 144 valence electrons. The van der Waals surface area contributed by atoms with Gasteiger partial charge in [-0.05, 0) is 32.9 Å². The van der Waals surface area contributed by atoms with E-state index in [4.69, 9.17) is 9.47 Å². The zero-order valence-corrected chi connectivity index (χ0v) is 19.0. The zero-order valence-electron chi connectivity index (χ0n) is 15.8. The maximum Gasteiger partial charge on any atom is 0.191 e. The van der Waals surface area contributed by atoms with Gasteiger partial charge in [0, 0.05) is 18.0 Å². The molecule has 1 heterocycles. The fourth-order valence-electron chi connectivity index (χ4n) is 2.18. The number of ether oxygens (including phenoxy) is 2. The molecule has 1 atom stereocenters. The molecule has 0 bridgehead atoms. The molecule has 1 aromatic heterocycles. The smallest absolute Gasteiger partial charge is 0.191 e. The van der Waals surface area contributed by atoms with Gasteiger partial charge in [-0.15, -0.1) is 35.3 Å². The molecule has 0 aliphatic heterocycles. The molecule has 0 saturated heterocycles. The van der Waals surface area contributed by atoms with Crippen LogP contribution < -0.4 is 20.1 Å². The van der Waals surface area contributed by atoms with Gasteiger partial charge in [0.05, 0.1) is 25.9 Å². The highest BCUT2D eigenvalue weighted by molar-refractivity contribution is 14.0. The number of methoxy groups -OCH3 is 1. The van der Waals surface area contributed by atoms with Gasteiger partial charge in [0.2, 0.25) is 0 Å². The third-order valence-corrected chi connectivity index (χ3v) is 4.71. The first kappa shape index (κ1) is 22.5. The number of guanidine groups is 1. The average molecular weight is 490 g/mol. The highest BCUT2D eigenvalue weighted by Crippen LogP contribution is 2.19. The van der Waals surface area contributed by atoms with Crippen LogP contribution in [-0.2, 0) is 6.54 Å². The summed E-state index contributed by atoms with van der Waals surface area (Å²) in [5, 5.41) is 7.60. The third kappa shape index (κ3) is 6.99. The second-order valence-electron chi connectivity index (χ2n) is 5.66. The molecule has 0 fully saturated rings. The quantitative estimate of drug-likeness (QED) is 0.353. The SMILES string of the molecule is CN=C(NCc1nc(C)c(C)s1)NCC(C)Oc1cccc(OC)c1.I. The number of nitrogens with one attached hydrogen (secondary N) is 2. The van der Waals surface area contributed by atoms with Crippen LogP contribution in [-0.4, -0.2) is 37.7 Å². The van der Waals surface area contributed by atoms with Gasteiger partial charge in [0.1, 0.15) is 22.6 Å². The lowest BCUT2D eigenvalue weighted by atomic mass is 10.3. The fourth-order valence-corrected chi connectivity index (χ4v) is 3.06. The number of benzene rings is 1. The van der Waals surface area contributed by atoms with Gasteiger partial charge in [0.15, 0.2) is 5.96 Å². The van der Waals surface area contributed by atoms with Crippen molar-refractivity contribution in [3.05, 3.63) is 39.8 Å². The Morgan fingerprint density at radius 2 is 2.00 bits per heavy atom. The molecule has 1 unspecified atom stereocenters. The summed E-state index contributed by atoms with van der Waals surface area (Å²) in [5.74, 6) is 2.29. The molecule has 0 aliphatic rings. The number of hydrogen-bond acceptors (Lipinski definition) is 5. The second kappa shape index (κ2) is 11.2. The van der Waals surface area contributed by atoms with Crippen LogP contribution in [0.4, 0.5) is 0 Å². The lowest BCUT2D eigenvalue weighted by molar-refractivity contribution is 0.223. The van der Waals surface area contributed by atoms with Crippen molar-refractivity contribution in [1.29, 1.82) is 0 Å². The summed E-state index contributed by atoms with van der Waals surface area (Å²) in [6.45, 7) is 7.41. The van der Waals surface area contributed by atoms with E-state index in [-0.39, 0.29) is 30.1 Å². The van der Waals surface area contributed by atoms with Crippen LogP contribution >= 0.6 is 35.3 Å². The summed E-state index contributed by atoms with van der Waals surface area (Å²) < 4.78 is 11.1. The first-order chi connectivity index (χ1) is 12.0. The van der Waals surface area contributed by atoms with E-state index in [1.165, 1.54) is 4.88 Å². The van der Waals surface area contributed by atoms with Crippen molar-refractivity contribution in [2.45, 2.75) is 33.4 Å². The van der Waals surface area contributed by atoms with Crippen LogP contribution in [0.2, 0.25) is 0 Å². The predicted octanol–water partition coefficient (Wildman–Crippen LogP) is 3.52. The number of aryl methyl sites for hydroxylation is 2. The van der Waals surface area contributed by atoms with Crippen LogP contribution in [0, 0.1) is 13.8 Å². The molecule has 0 radical (unpaired) electrons. The molecule has 8 heteroatoms. The van der Waals surface area contributed by atoms with Crippen molar-refractivity contribution in [1.82, 2.24) is 15.6 Å². The molecule has 26 heavy (non-hydrogen) atoms. The van der Waals surface area contributed by atoms with E-state index in [2.05, 4.69) is 27.5 Å². The number of aliphatic imine (C=N–C) groups is 1. The number of thiazole rings is 1. The summed E-state index contributed by atoms with van der Waals surface area (Å²) in [6, 6.07) is 7.59. The zero-order chi connectivity index (χ0) is 18.2. The number of aromatic nitrogens is 1. The normalized spacial score (nSPS) is 12.1. The Hall–Kier alpha value is -1.55. The number of halogens is 1. The lowest BCUT2D eigenvalue weighted by Gasteiger charge is -2.17. The van der Waals surface area contributed by atoms with Crippen molar-refractivity contribution in [3.8, 4) is 11.5 Å². The molecule has 1 aromatic carbocycles. The van der Waals surface area contributed by atoms with Gasteiger partial charge >= 0.3 is 0 Å². The number of rotatable bonds is 7. The molecule has 6 nitrogen and oxygen atoms in total. The van der Waals surface area contributed by atoms with Crippen LogP contribution in [0.25, 0.3) is 0 Å². The largest absolute Gasteiger partial charge is 0.497 e. The van der Waals surface area contributed by atoms with Crippen LogP contribution in [0.3, 0.4) is 0 Å². The Kier molecular flexibility index (Phi) is 9.71. The number of hydrogen-bond donors (Lipinski definition) is 2. The minimum absolute atomic E-state index is 0. The maximum absolute atomic E-state index is 5.90. The van der Waals surface area contributed by atoms with Crippen molar-refractivity contribution in [2.75, 3.05) is 20.7 Å². The molecule has 0 amide bonds. The monoisotopic (exact) mass is 490 g/mol. The molecule has 0 aliphatic carbocycles. The van der Waals surface area contributed by atoms with Gasteiger partial charge < -0.3 is 20.1 Å². The Balaban J connectivity index is 0.00000338. The van der Waals surface area contributed by atoms with Crippen molar-refractivity contribution in [3.63, 3.8) is 0 Å². The Labute approximate surface area is 176 Å². The van der Waals surface area contributed by atoms with Crippen molar-refractivity contribution in [2.24, 2.45) is 4.99 Å². The van der Waals surface area contributed by atoms with Gasteiger partial charge in [-0.25, -0.2) is 4.98 Å². The number of nitrogens with zero attached hydrogens (tertiary/aromatic N) is 2. The van der Waals surface area contributed by atoms with Crippen LogP contribution in [0.1, 0.15) is 22.5 Å². The van der Waals surface area contributed by atoms with Gasteiger partial charge in [0.25, 0.3) is 0 Å². The van der Waals surface area contributed by atoms with E-state index in [9.17, 15) is 0 Å². The molecular formula is C18H27IN4O2S. The Bertz CT molecular complexity index is 701. The molecule has 2 N–H and O–H groups in total. The third-order valence-electron chi connectivity index (χ3n) is 3.64. The predicted molar refractivity (Wildman–Crippen MR) is 118 cm³/mol. The van der Waals surface area contributed by atoms with Gasteiger partial charge in [-0.1, -0.05) is 6.07 Å². The molecule has 0 saturated carbocycles. The summed E-state index contributed by atoms with van der Waals surface area (Å²) >= 11 is 1.70. The Morgan fingerprint density at radius 3 is 2.62 bits per heavy atom. The summed E-state index contributed by atoms with van der Waals surface area (Å²) in [4.78, 5) is 10.0. The van der Waals surface area contributed by atoms with E-state index < -0.39 is 0 Å². The fraction of sp³-hybridized carbons (Fsp3) is 0.444. The first-order valence-corrected chi connectivity index (χ1v) is 9.01. The van der Waals surface area contributed by atoms with Crippen molar-refractivity contribution >= 4 is 41.3 Å². The minimum atomic E-state index is -0.0185. The summed E-state index contributed by atoms with van der Waals surface area (Å²) in [7, 11) is 3.40. The topological polar surface area (TPSA) is 67.8 Å². The minimum Gasteiger partial charge on any atom is -0.497 e. The molecular weight excluding hydrogens is 463 g/mol. The highest BCUT2D eigenvalue weighted by Gasteiger charge is 2.08. The van der Waals surface area contributed by atoms with Crippen LogP contribution in [0.15, 0.2) is 29.3 Å². The summed E-state index contributed by atoms with van der Waals surface area (Å²) in [5.41, 5.74) is 1.09. The van der Waals surface area contributed by atoms with Crippen LogP contribution in [0.5, 0.6) is 11.5 Å². The van der Waals surface area contributed by atoms with E-state index >= 15 is 0 Å². The highest BCUT2D eigenvalue weighted by atomic mass is 127. The van der Waals surface area contributed by atoms with Gasteiger partial charge in [-0.3, -0.25) is 4.99 Å². The van der Waals surface area contributed by atoms with E-state index in [1.54, 1.807) is 25.5 Å².